The molecule has 0 bridgehead atoms. The fourth-order valence-electron chi connectivity index (χ4n) is 2.16. The van der Waals surface area contributed by atoms with Gasteiger partial charge in [-0.3, -0.25) is 5.32 Å². The second-order valence-corrected chi connectivity index (χ2v) is 5.58. The summed E-state index contributed by atoms with van der Waals surface area (Å²) in [6.07, 6.45) is 1.58. The first-order chi connectivity index (χ1) is 12.2. The van der Waals surface area contributed by atoms with Crippen molar-refractivity contribution in [2.24, 2.45) is 0 Å². The van der Waals surface area contributed by atoms with Gasteiger partial charge in [-0.25, -0.2) is 9.78 Å². The third-order valence-corrected chi connectivity index (χ3v) is 3.74. The Morgan fingerprint density at radius 2 is 1.72 bits per heavy atom. The Bertz CT molecular complexity index is 856. The number of pyridine rings is 1. The number of urea groups is 1. The summed E-state index contributed by atoms with van der Waals surface area (Å²) in [4.78, 5) is 16.3. The fourth-order valence-corrected chi connectivity index (χ4v) is 2.35. The number of nitrogens with zero attached hydrogens (tertiary/aromatic N) is 1. The number of benzene rings is 2. The van der Waals surface area contributed by atoms with Crippen LogP contribution in [-0.2, 0) is 6.61 Å². The van der Waals surface area contributed by atoms with E-state index >= 15 is 0 Å². The SMILES string of the molecule is O=C(Nc1ccccc1)Nc1ncccc1OCc1ccccc1Cl. The van der Waals surface area contributed by atoms with Crippen LogP contribution in [0.3, 0.4) is 0 Å². The molecule has 0 saturated carbocycles. The standard InChI is InChI=1S/C19H16ClN3O2/c20-16-10-5-4-7-14(16)13-25-17-11-6-12-21-18(17)23-19(24)22-15-8-2-1-3-9-15/h1-12H,13H2,(H2,21,22,23,24). The van der Waals surface area contributed by atoms with Crippen LogP contribution in [0.15, 0.2) is 72.9 Å². The lowest BCUT2D eigenvalue weighted by atomic mass is 10.2. The first kappa shape index (κ1) is 16.8. The molecule has 2 aromatic carbocycles. The Balaban J connectivity index is 1.66. The minimum absolute atomic E-state index is 0.278. The summed E-state index contributed by atoms with van der Waals surface area (Å²) in [6.45, 7) is 0.278. The van der Waals surface area contributed by atoms with Gasteiger partial charge in [0, 0.05) is 22.5 Å². The van der Waals surface area contributed by atoms with E-state index in [-0.39, 0.29) is 6.61 Å². The molecule has 126 valence electrons. The largest absolute Gasteiger partial charge is 0.485 e. The van der Waals surface area contributed by atoms with Crippen molar-refractivity contribution in [3.8, 4) is 5.75 Å². The number of nitrogens with one attached hydrogen (secondary N) is 2. The number of para-hydroxylation sites is 1. The van der Waals surface area contributed by atoms with Crippen molar-refractivity contribution in [2.75, 3.05) is 10.6 Å². The summed E-state index contributed by atoms with van der Waals surface area (Å²) in [5.41, 5.74) is 1.54. The summed E-state index contributed by atoms with van der Waals surface area (Å²) in [7, 11) is 0. The van der Waals surface area contributed by atoms with E-state index in [1.807, 2.05) is 36.4 Å². The Kier molecular flexibility index (Phi) is 5.49. The lowest BCUT2D eigenvalue weighted by Gasteiger charge is -2.12. The highest BCUT2D eigenvalue weighted by Crippen LogP contribution is 2.24. The molecule has 0 aliphatic rings. The van der Waals surface area contributed by atoms with Crippen LogP contribution < -0.4 is 15.4 Å². The van der Waals surface area contributed by atoms with Crippen LogP contribution in [0, 0.1) is 0 Å². The van der Waals surface area contributed by atoms with Crippen LogP contribution in [0.5, 0.6) is 5.75 Å². The van der Waals surface area contributed by atoms with Crippen molar-refractivity contribution >= 4 is 29.1 Å². The second-order valence-electron chi connectivity index (χ2n) is 5.18. The predicted octanol–water partition coefficient (Wildman–Crippen LogP) is 4.96. The molecule has 1 aromatic heterocycles. The average Bonchev–Trinajstić information content (AvgIpc) is 2.63. The molecular formula is C19H16ClN3O2. The molecular weight excluding hydrogens is 338 g/mol. The monoisotopic (exact) mass is 353 g/mol. The van der Waals surface area contributed by atoms with E-state index in [0.29, 0.717) is 22.3 Å². The minimum atomic E-state index is -0.396. The van der Waals surface area contributed by atoms with Crippen LogP contribution in [0.2, 0.25) is 5.02 Å². The maximum atomic E-state index is 12.1. The maximum Gasteiger partial charge on any atom is 0.324 e. The molecule has 0 radical (unpaired) electrons. The smallest absolute Gasteiger partial charge is 0.324 e. The Morgan fingerprint density at radius 1 is 0.960 bits per heavy atom. The molecule has 0 aliphatic carbocycles. The zero-order valence-electron chi connectivity index (χ0n) is 13.3. The van der Waals surface area contributed by atoms with Gasteiger partial charge in [-0.05, 0) is 30.3 Å². The lowest BCUT2D eigenvalue weighted by molar-refractivity contribution is 0.261. The topological polar surface area (TPSA) is 63.2 Å². The van der Waals surface area contributed by atoms with E-state index in [0.717, 1.165) is 5.56 Å². The zero-order valence-corrected chi connectivity index (χ0v) is 14.0. The fraction of sp³-hybridized carbons (Fsp3) is 0.0526. The number of carbonyl (C=O) groups is 1. The van der Waals surface area contributed by atoms with E-state index in [4.69, 9.17) is 16.3 Å². The minimum Gasteiger partial charge on any atom is -0.485 e. The first-order valence-electron chi connectivity index (χ1n) is 7.66. The Morgan fingerprint density at radius 3 is 2.52 bits per heavy atom. The molecule has 0 fully saturated rings. The van der Waals surface area contributed by atoms with Crippen molar-refractivity contribution in [1.82, 2.24) is 4.98 Å². The van der Waals surface area contributed by atoms with E-state index in [2.05, 4.69) is 15.6 Å². The lowest BCUT2D eigenvalue weighted by Crippen LogP contribution is -2.20. The van der Waals surface area contributed by atoms with Crippen molar-refractivity contribution < 1.29 is 9.53 Å². The van der Waals surface area contributed by atoms with Crippen LogP contribution in [0.25, 0.3) is 0 Å². The van der Waals surface area contributed by atoms with Crippen molar-refractivity contribution in [3.05, 3.63) is 83.5 Å². The number of hydrogen-bond donors (Lipinski definition) is 2. The molecule has 0 spiro atoms. The van der Waals surface area contributed by atoms with Gasteiger partial charge in [-0.2, -0.15) is 0 Å². The zero-order chi connectivity index (χ0) is 17.5. The third-order valence-electron chi connectivity index (χ3n) is 3.38. The normalized spacial score (nSPS) is 10.1. The molecule has 0 aliphatic heterocycles. The average molecular weight is 354 g/mol. The van der Waals surface area contributed by atoms with Gasteiger partial charge in [0.1, 0.15) is 6.61 Å². The van der Waals surface area contributed by atoms with Gasteiger partial charge in [-0.1, -0.05) is 48.0 Å². The summed E-state index contributed by atoms with van der Waals surface area (Å²) >= 11 is 6.13. The molecule has 25 heavy (non-hydrogen) atoms. The van der Waals surface area contributed by atoms with Gasteiger partial charge < -0.3 is 10.1 Å². The third kappa shape index (κ3) is 4.71. The van der Waals surface area contributed by atoms with Crippen molar-refractivity contribution in [3.63, 3.8) is 0 Å². The summed E-state index contributed by atoms with van der Waals surface area (Å²) in [5.74, 6) is 0.800. The highest BCUT2D eigenvalue weighted by molar-refractivity contribution is 6.31. The molecule has 2 amide bonds. The van der Waals surface area contributed by atoms with Gasteiger partial charge >= 0.3 is 6.03 Å². The summed E-state index contributed by atoms with van der Waals surface area (Å²) in [6, 6.07) is 19.7. The number of halogens is 1. The van der Waals surface area contributed by atoms with E-state index < -0.39 is 6.03 Å². The number of amides is 2. The van der Waals surface area contributed by atoms with Gasteiger partial charge in [0.2, 0.25) is 0 Å². The summed E-state index contributed by atoms with van der Waals surface area (Å²) in [5, 5.41) is 6.05. The quantitative estimate of drug-likeness (QED) is 0.681. The van der Waals surface area contributed by atoms with Gasteiger partial charge in [0.25, 0.3) is 0 Å². The molecule has 3 aromatic rings. The molecule has 2 N–H and O–H groups in total. The highest BCUT2D eigenvalue weighted by atomic mass is 35.5. The number of aromatic nitrogens is 1. The molecule has 0 saturated heterocycles. The van der Waals surface area contributed by atoms with E-state index in [9.17, 15) is 4.79 Å². The number of ether oxygens (including phenoxy) is 1. The van der Waals surface area contributed by atoms with Crippen LogP contribution >= 0.6 is 11.6 Å². The number of anilines is 2. The van der Waals surface area contributed by atoms with Gasteiger partial charge in [0.15, 0.2) is 11.6 Å². The predicted molar refractivity (Wildman–Crippen MR) is 99.1 cm³/mol. The Hall–Kier alpha value is -3.05. The molecule has 1 heterocycles. The van der Waals surface area contributed by atoms with Crippen LogP contribution in [-0.4, -0.2) is 11.0 Å². The highest BCUT2D eigenvalue weighted by Gasteiger charge is 2.10. The first-order valence-corrected chi connectivity index (χ1v) is 8.04. The van der Waals surface area contributed by atoms with E-state index in [1.54, 1.807) is 36.5 Å². The van der Waals surface area contributed by atoms with Crippen LogP contribution in [0.1, 0.15) is 5.56 Å². The number of carbonyl (C=O) groups excluding carboxylic acids is 1. The molecule has 0 unspecified atom stereocenters. The molecule has 0 atom stereocenters. The van der Waals surface area contributed by atoms with Crippen LogP contribution in [0.4, 0.5) is 16.3 Å². The number of hydrogen-bond acceptors (Lipinski definition) is 3. The molecule has 5 nitrogen and oxygen atoms in total. The second kappa shape index (κ2) is 8.17. The maximum absolute atomic E-state index is 12.1. The molecule has 3 rings (SSSR count). The van der Waals surface area contributed by atoms with Gasteiger partial charge in [0.05, 0.1) is 0 Å². The molecule has 6 heteroatoms. The van der Waals surface area contributed by atoms with Gasteiger partial charge in [-0.15, -0.1) is 0 Å². The van der Waals surface area contributed by atoms with E-state index in [1.165, 1.54) is 0 Å². The number of rotatable bonds is 5. The summed E-state index contributed by atoms with van der Waals surface area (Å²) < 4.78 is 5.77. The van der Waals surface area contributed by atoms with Crippen molar-refractivity contribution in [2.45, 2.75) is 6.61 Å². The Labute approximate surface area is 150 Å². The van der Waals surface area contributed by atoms with Crippen molar-refractivity contribution in [1.29, 1.82) is 0 Å².